The molecule has 0 radical (unpaired) electrons. The lowest BCUT2D eigenvalue weighted by Crippen LogP contribution is -2.56. The first kappa shape index (κ1) is 20.8. The number of carbonyl (C=O) groups excluding carboxylic acids is 3. The van der Waals surface area contributed by atoms with E-state index in [1.54, 1.807) is 0 Å². The molecule has 9 heteroatoms. The summed E-state index contributed by atoms with van der Waals surface area (Å²) in [4.78, 5) is 41.1. The molecule has 2 aromatic rings. The number of urea groups is 1. The third kappa shape index (κ3) is 4.03. The Hall–Kier alpha value is -3.10. The minimum absolute atomic E-state index is 0.194. The van der Waals surface area contributed by atoms with Crippen molar-refractivity contribution in [2.45, 2.75) is 19.5 Å². The highest BCUT2D eigenvalue weighted by Crippen LogP contribution is 2.27. The number of fused-ring (bicyclic) bond motifs is 1. The number of carbonyl (C=O) groups is 3. The maximum absolute atomic E-state index is 12.8. The van der Waals surface area contributed by atoms with Crippen LogP contribution in [0.25, 0.3) is 0 Å². The number of rotatable bonds is 4. The van der Waals surface area contributed by atoms with Crippen molar-refractivity contribution in [1.29, 1.82) is 0 Å². The molecular formula is C23H24ClN5O3. The molecule has 0 saturated carbocycles. The maximum atomic E-state index is 12.8. The van der Waals surface area contributed by atoms with Crippen molar-refractivity contribution in [3.8, 4) is 0 Å². The van der Waals surface area contributed by atoms with E-state index in [4.69, 9.17) is 11.6 Å². The molecule has 1 N–H and O–H groups in total. The van der Waals surface area contributed by atoms with Crippen LogP contribution in [0.4, 0.5) is 10.5 Å². The molecule has 0 aliphatic carbocycles. The normalized spacial score (nSPS) is 19.4. The van der Waals surface area contributed by atoms with Crippen molar-refractivity contribution < 1.29 is 14.4 Å². The van der Waals surface area contributed by atoms with Crippen LogP contribution in [0.15, 0.2) is 42.5 Å². The number of halogens is 1. The quantitative estimate of drug-likeness (QED) is 0.769. The Balaban J connectivity index is 1.21. The zero-order valence-electron chi connectivity index (χ0n) is 17.6. The average Bonchev–Trinajstić information content (AvgIpc) is 3.10. The Kier molecular flexibility index (Phi) is 5.48. The number of nitrogens with zero attached hydrogens (tertiary/aromatic N) is 4. The van der Waals surface area contributed by atoms with Crippen molar-refractivity contribution in [1.82, 2.24) is 20.2 Å². The summed E-state index contributed by atoms with van der Waals surface area (Å²) in [6.07, 6.45) is 0.194. The van der Waals surface area contributed by atoms with Gasteiger partial charge in [0.15, 0.2) is 0 Å². The van der Waals surface area contributed by atoms with Gasteiger partial charge in [0.1, 0.15) is 0 Å². The van der Waals surface area contributed by atoms with Crippen LogP contribution in [0.1, 0.15) is 27.9 Å². The fraction of sp³-hybridized carbons (Fsp3) is 0.348. The Labute approximate surface area is 191 Å². The lowest BCUT2D eigenvalue weighted by molar-refractivity contribution is -0.123. The van der Waals surface area contributed by atoms with E-state index in [0.29, 0.717) is 12.1 Å². The highest BCUT2D eigenvalue weighted by Gasteiger charge is 2.36. The molecule has 32 heavy (non-hydrogen) atoms. The van der Waals surface area contributed by atoms with Gasteiger partial charge < -0.3 is 4.90 Å². The Morgan fingerprint density at radius 3 is 2.34 bits per heavy atom. The molecule has 0 spiro atoms. The number of benzene rings is 2. The first-order valence-corrected chi connectivity index (χ1v) is 11.1. The van der Waals surface area contributed by atoms with E-state index in [9.17, 15) is 14.4 Å². The Morgan fingerprint density at radius 2 is 1.62 bits per heavy atom. The number of nitrogens with one attached hydrogen (secondary N) is 1. The van der Waals surface area contributed by atoms with E-state index in [1.807, 2.05) is 24.3 Å². The summed E-state index contributed by atoms with van der Waals surface area (Å²) in [5.74, 6) is -0.513. The Morgan fingerprint density at radius 1 is 0.875 bits per heavy atom. The number of piperazine rings is 1. The molecule has 2 aromatic carbocycles. The molecule has 0 bridgehead atoms. The van der Waals surface area contributed by atoms with E-state index >= 15 is 0 Å². The second-order valence-corrected chi connectivity index (χ2v) is 8.76. The molecule has 3 aliphatic rings. The van der Waals surface area contributed by atoms with Gasteiger partial charge in [-0.05, 0) is 41.5 Å². The van der Waals surface area contributed by atoms with Crippen molar-refractivity contribution in [3.05, 3.63) is 64.2 Å². The molecule has 5 rings (SSSR count). The van der Waals surface area contributed by atoms with Gasteiger partial charge >= 0.3 is 6.03 Å². The van der Waals surface area contributed by atoms with Gasteiger partial charge in [0.25, 0.3) is 5.91 Å². The smallest absolute Gasteiger partial charge is 0.342 e. The van der Waals surface area contributed by atoms with Gasteiger partial charge in [-0.2, -0.15) is 0 Å². The molecule has 4 amide bonds. The summed E-state index contributed by atoms with van der Waals surface area (Å²) in [7, 11) is 0. The summed E-state index contributed by atoms with van der Waals surface area (Å²) in [5, 5.41) is 5.78. The van der Waals surface area contributed by atoms with E-state index in [2.05, 4.69) is 33.3 Å². The van der Waals surface area contributed by atoms with Crippen LogP contribution in [0, 0.1) is 0 Å². The largest absolute Gasteiger partial charge is 0.369 e. The number of hydrogen-bond donors (Lipinski definition) is 1. The van der Waals surface area contributed by atoms with Crippen LogP contribution in [0.2, 0.25) is 5.02 Å². The Bertz CT molecular complexity index is 1070. The van der Waals surface area contributed by atoms with Gasteiger partial charge in [-0.3, -0.25) is 19.8 Å². The average molecular weight is 454 g/mol. The topological polar surface area (TPSA) is 76.2 Å². The molecule has 2 fully saturated rings. The predicted octanol–water partition coefficient (Wildman–Crippen LogP) is 2.47. The van der Waals surface area contributed by atoms with Crippen LogP contribution in [-0.2, 0) is 17.9 Å². The van der Waals surface area contributed by atoms with Crippen LogP contribution in [0.5, 0.6) is 0 Å². The standard InChI is InChI=1S/C23H24ClN5O3/c24-18-2-4-19(5-3-18)27-11-9-26(10-12-27)14-16-1-6-20-17(13-16)15-29(22(20)31)28-8-7-21(30)25-23(28)32/h1-6,13H,7-12,14-15H2,(H,25,30,32). The van der Waals surface area contributed by atoms with Crippen molar-refractivity contribution >= 4 is 35.1 Å². The molecular weight excluding hydrogens is 430 g/mol. The van der Waals surface area contributed by atoms with Crippen molar-refractivity contribution in [2.24, 2.45) is 0 Å². The second kappa shape index (κ2) is 8.44. The molecule has 166 valence electrons. The lowest BCUT2D eigenvalue weighted by atomic mass is 10.1. The zero-order valence-corrected chi connectivity index (χ0v) is 18.3. The summed E-state index contributed by atoms with van der Waals surface area (Å²) in [6.45, 7) is 5.17. The number of hydrazine groups is 1. The van der Waals surface area contributed by atoms with Gasteiger partial charge in [0, 0.05) is 55.4 Å². The predicted molar refractivity (Wildman–Crippen MR) is 120 cm³/mol. The van der Waals surface area contributed by atoms with E-state index < -0.39 is 6.03 Å². The van der Waals surface area contributed by atoms with Gasteiger partial charge in [0.05, 0.1) is 13.1 Å². The third-order valence-electron chi connectivity index (χ3n) is 6.25. The summed E-state index contributed by atoms with van der Waals surface area (Å²) in [6, 6.07) is 13.3. The highest BCUT2D eigenvalue weighted by molar-refractivity contribution is 6.30. The summed E-state index contributed by atoms with van der Waals surface area (Å²) < 4.78 is 0. The van der Waals surface area contributed by atoms with Gasteiger partial charge in [0.2, 0.25) is 5.91 Å². The van der Waals surface area contributed by atoms with E-state index in [-0.39, 0.29) is 24.8 Å². The summed E-state index contributed by atoms with van der Waals surface area (Å²) >= 11 is 5.99. The van der Waals surface area contributed by atoms with Gasteiger partial charge in [-0.1, -0.05) is 23.7 Å². The van der Waals surface area contributed by atoms with Crippen molar-refractivity contribution in [3.63, 3.8) is 0 Å². The van der Waals surface area contributed by atoms with Crippen molar-refractivity contribution in [2.75, 3.05) is 37.6 Å². The molecule has 3 heterocycles. The van der Waals surface area contributed by atoms with Crippen LogP contribution in [0.3, 0.4) is 0 Å². The van der Waals surface area contributed by atoms with Crippen LogP contribution < -0.4 is 10.2 Å². The number of hydrogen-bond acceptors (Lipinski definition) is 5. The number of anilines is 1. The van der Waals surface area contributed by atoms with Gasteiger partial charge in [-0.25, -0.2) is 14.8 Å². The lowest BCUT2D eigenvalue weighted by Gasteiger charge is -2.36. The zero-order chi connectivity index (χ0) is 22.2. The molecule has 0 atom stereocenters. The monoisotopic (exact) mass is 453 g/mol. The summed E-state index contributed by atoms with van der Waals surface area (Å²) in [5.41, 5.74) is 3.87. The second-order valence-electron chi connectivity index (χ2n) is 8.32. The SMILES string of the molecule is O=C1CCN(N2Cc3cc(CN4CCN(c5ccc(Cl)cc5)CC4)ccc3C2=O)C(=O)N1. The number of amides is 4. The molecule has 2 saturated heterocycles. The molecule has 8 nitrogen and oxygen atoms in total. The first-order chi connectivity index (χ1) is 15.5. The minimum Gasteiger partial charge on any atom is -0.369 e. The van der Waals surface area contributed by atoms with E-state index in [0.717, 1.165) is 48.9 Å². The molecule has 0 aromatic heterocycles. The molecule has 0 unspecified atom stereocenters. The first-order valence-electron chi connectivity index (χ1n) is 10.8. The number of imide groups is 1. The molecule has 3 aliphatic heterocycles. The third-order valence-corrected chi connectivity index (χ3v) is 6.50. The highest BCUT2D eigenvalue weighted by atomic mass is 35.5. The van der Waals surface area contributed by atoms with E-state index in [1.165, 1.54) is 15.7 Å². The minimum atomic E-state index is -0.541. The fourth-order valence-corrected chi connectivity index (χ4v) is 4.64. The van der Waals surface area contributed by atoms with Crippen LogP contribution >= 0.6 is 11.6 Å². The van der Waals surface area contributed by atoms with Crippen LogP contribution in [-0.4, -0.2) is 65.5 Å². The fourth-order valence-electron chi connectivity index (χ4n) is 4.51. The van der Waals surface area contributed by atoms with Gasteiger partial charge in [-0.15, -0.1) is 0 Å². The maximum Gasteiger partial charge on any atom is 0.342 e.